The predicted molar refractivity (Wildman–Crippen MR) is 104 cm³/mol. The molecule has 1 fully saturated rings. The van der Waals surface area contributed by atoms with E-state index in [1.54, 1.807) is 25.3 Å². The van der Waals surface area contributed by atoms with Gasteiger partial charge in [-0.2, -0.15) is 0 Å². The highest BCUT2D eigenvalue weighted by molar-refractivity contribution is 8.16. The number of nitrogen functional groups attached to an aromatic ring is 1. The summed E-state index contributed by atoms with van der Waals surface area (Å²) in [4.78, 5) is 12.4. The van der Waals surface area contributed by atoms with Crippen LogP contribution in [0.25, 0.3) is 0 Å². The Morgan fingerprint density at radius 3 is 2.54 bits per heavy atom. The van der Waals surface area contributed by atoms with Crippen LogP contribution in [0.2, 0.25) is 0 Å². The van der Waals surface area contributed by atoms with E-state index in [0.717, 1.165) is 0 Å². The number of benzene rings is 2. The summed E-state index contributed by atoms with van der Waals surface area (Å²) >= 11 is 3.94. The van der Waals surface area contributed by atoms with Crippen LogP contribution >= 0.6 is 23.5 Å². The molecule has 3 N–H and O–H groups in total. The molecule has 0 aliphatic carbocycles. The summed E-state index contributed by atoms with van der Waals surface area (Å²) in [7, 11) is 1.58. The first kappa shape index (κ1) is 17.0. The molecule has 1 saturated heterocycles. The molecule has 1 amide bonds. The Morgan fingerprint density at radius 1 is 1.17 bits per heavy atom. The molecule has 0 unspecified atom stereocenters. The first-order valence-corrected chi connectivity index (χ1v) is 9.85. The normalized spacial score (nSPS) is 15.0. The monoisotopic (exact) mass is 360 g/mol. The van der Waals surface area contributed by atoms with Gasteiger partial charge in [-0.05, 0) is 47.8 Å². The van der Waals surface area contributed by atoms with E-state index in [2.05, 4.69) is 5.32 Å². The van der Waals surface area contributed by atoms with Crippen LogP contribution in [0.4, 0.5) is 11.4 Å². The highest BCUT2D eigenvalue weighted by atomic mass is 32.2. The van der Waals surface area contributed by atoms with Crippen LogP contribution in [-0.2, 0) is 0 Å². The lowest BCUT2D eigenvalue weighted by Gasteiger charge is -2.21. The molecule has 0 bridgehead atoms. The number of carbonyl (C=O) groups is 1. The maximum Gasteiger partial charge on any atom is 0.255 e. The Kier molecular flexibility index (Phi) is 5.58. The highest BCUT2D eigenvalue weighted by Crippen LogP contribution is 2.43. The fourth-order valence-corrected chi connectivity index (χ4v) is 5.33. The minimum atomic E-state index is -0.176. The summed E-state index contributed by atoms with van der Waals surface area (Å²) in [5.41, 5.74) is 8.87. The second-order valence-electron chi connectivity index (χ2n) is 5.46. The van der Waals surface area contributed by atoms with E-state index in [0.29, 0.717) is 27.3 Å². The van der Waals surface area contributed by atoms with Crippen LogP contribution in [0.5, 0.6) is 5.75 Å². The minimum Gasteiger partial charge on any atom is -0.497 e. The Balaban J connectivity index is 1.71. The Bertz CT molecular complexity index is 713. The van der Waals surface area contributed by atoms with Gasteiger partial charge >= 0.3 is 0 Å². The van der Waals surface area contributed by atoms with Crippen molar-refractivity contribution in [1.29, 1.82) is 0 Å². The number of thioether (sulfide) groups is 2. The molecule has 2 aromatic rings. The second kappa shape index (κ2) is 7.85. The minimum absolute atomic E-state index is 0.176. The standard InChI is InChI=1S/C18H20N2O2S2/c1-22-14-7-8-15(19)16(11-14)20-17(21)12-3-5-13(6-4-12)18-23-9-2-10-24-18/h3-8,11,18H,2,9-10,19H2,1H3,(H,20,21). The number of carbonyl (C=O) groups excluding carboxylic acids is 1. The number of hydrogen-bond acceptors (Lipinski definition) is 5. The largest absolute Gasteiger partial charge is 0.497 e. The van der Waals surface area contributed by atoms with E-state index in [4.69, 9.17) is 10.5 Å². The average molecular weight is 361 g/mol. The first-order valence-electron chi connectivity index (χ1n) is 7.75. The topological polar surface area (TPSA) is 64.3 Å². The SMILES string of the molecule is COc1ccc(N)c(NC(=O)c2ccc(C3SCCCS3)cc2)c1. The maximum absolute atomic E-state index is 12.4. The summed E-state index contributed by atoms with van der Waals surface area (Å²) in [5, 5.41) is 2.85. The molecule has 3 rings (SSSR count). The van der Waals surface area contributed by atoms with Crippen molar-refractivity contribution in [3.63, 3.8) is 0 Å². The number of anilines is 2. The molecule has 4 nitrogen and oxygen atoms in total. The van der Waals surface area contributed by atoms with Crippen molar-refractivity contribution in [3.05, 3.63) is 53.6 Å². The van der Waals surface area contributed by atoms with Crippen LogP contribution in [-0.4, -0.2) is 24.5 Å². The molecule has 2 aromatic carbocycles. The van der Waals surface area contributed by atoms with E-state index >= 15 is 0 Å². The van der Waals surface area contributed by atoms with Crippen LogP contribution < -0.4 is 15.8 Å². The highest BCUT2D eigenvalue weighted by Gasteiger charge is 2.17. The van der Waals surface area contributed by atoms with Gasteiger partial charge in [0.25, 0.3) is 5.91 Å². The van der Waals surface area contributed by atoms with Crippen molar-refractivity contribution >= 4 is 40.8 Å². The van der Waals surface area contributed by atoms with Gasteiger partial charge in [0.1, 0.15) is 5.75 Å². The molecule has 0 atom stereocenters. The third-order valence-corrected chi connectivity index (χ3v) is 6.80. The lowest BCUT2D eigenvalue weighted by molar-refractivity contribution is 0.102. The van der Waals surface area contributed by atoms with Crippen LogP contribution in [0.3, 0.4) is 0 Å². The number of ether oxygens (including phenoxy) is 1. The number of nitrogens with one attached hydrogen (secondary N) is 1. The van der Waals surface area contributed by atoms with Gasteiger partial charge in [-0.15, -0.1) is 23.5 Å². The fourth-order valence-electron chi connectivity index (χ4n) is 2.44. The lowest BCUT2D eigenvalue weighted by Crippen LogP contribution is -2.13. The van der Waals surface area contributed by atoms with E-state index in [1.165, 1.54) is 23.5 Å². The molecule has 6 heteroatoms. The summed E-state index contributed by atoms with van der Waals surface area (Å²) in [6.07, 6.45) is 1.27. The molecule has 0 spiro atoms. The summed E-state index contributed by atoms with van der Waals surface area (Å²) in [6, 6.07) is 13.0. The molecular weight excluding hydrogens is 340 g/mol. The van der Waals surface area contributed by atoms with Gasteiger partial charge in [0, 0.05) is 11.6 Å². The first-order chi connectivity index (χ1) is 11.7. The zero-order chi connectivity index (χ0) is 16.9. The fraction of sp³-hybridized carbons (Fsp3) is 0.278. The lowest BCUT2D eigenvalue weighted by atomic mass is 10.1. The van der Waals surface area contributed by atoms with E-state index in [1.807, 2.05) is 47.8 Å². The van der Waals surface area contributed by atoms with E-state index in [-0.39, 0.29) is 5.91 Å². The summed E-state index contributed by atoms with van der Waals surface area (Å²) in [6.45, 7) is 0. The second-order valence-corrected chi connectivity index (χ2v) is 8.18. The van der Waals surface area contributed by atoms with E-state index < -0.39 is 0 Å². The Morgan fingerprint density at radius 2 is 1.88 bits per heavy atom. The van der Waals surface area contributed by atoms with E-state index in [9.17, 15) is 4.79 Å². The smallest absolute Gasteiger partial charge is 0.255 e. The van der Waals surface area contributed by atoms with Gasteiger partial charge < -0.3 is 15.8 Å². The third-order valence-electron chi connectivity index (χ3n) is 3.78. The van der Waals surface area contributed by atoms with Gasteiger partial charge in [-0.25, -0.2) is 0 Å². The van der Waals surface area contributed by atoms with Gasteiger partial charge in [0.2, 0.25) is 0 Å². The van der Waals surface area contributed by atoms with Gasteiger partial charge in [-0.1, -0.05) is 12.1 Å². The zero-order valence-electron chi connectivity index (χ0n) is 13.5. The number of nitrogens with two attached hydrogens (primary N) is 1. The van der Waals surface area contributed by atoms with Crippen molar-refractivity contribution in [2.24, 2.45) is 0 Å². The number of rotatable bonds is 4. The van der Waals surface area contributed by atoms with Crippen LogP contribution in [0.1, 0.15) is 26.9 Å². The zero-order valence-corrected chi connectivity index (χ0v) is 15.1. The number of amides is 1. The average Bonchev–Trinajstić information content (AvgIpc) is 2.64. The molecule has 1 heterocycles. The molecule has 24 heavy (non-hydrogen) atoms. The summed E-state index contributed by atoms with van der Waals surface area (Å²) in [5.74, 6) is 2.89. The van der Waals surface area contributed by atoms with Crippen molar-refractivity contribution in [1.82, 2.24) is 0 Å². The Labute approximate surface area is 150 Å². The molecule has 0 saturated carbocycles. The number of hydrogen-bond donors (Lipinski definition) is 2. The summed E-state index contributed by atoms with van der Waals surface area (Å²) < 4.78 is 5.65. The molecule has 126 valence electrons. The maximum atomic E-state index is 12.4. The quantitative estimate of drug-likeness (QED) is 0.791. The predicted octanol–water partition coefficient (Wildman–Crippen LogP) is 4.40. The molecular formula is C18H20N2O2S2. The van der Waals surface area contributed by atoms with Crippen LogP contribution in [0.15, 0.2) is 42.5 Å². The van der Waals surface area contributed by atoms with Gasteiger partial charge in [0.05, 0.1) is 23.1 Å². The molecule has 1 aliphatic heterocycles. The van der Waals surface area contributed by atoms with Crippen molar-refractivity contribution in [3.8, 4) is 5.75 Å². The number of methoxy groups -OCH3 is 1. The van der Waals surface area contributed by atoms with Gasteiger partial charge in [0.15, 0.2) is 0 Å². The Hall–Kier alpha value is -1.79. The molecule has 0 aromatic heterocycles. The van der Waals surface area contributed by atoms with Gasteiger partial charge in [-0.3, -0.25) is 4.79 Å². The van der Waals surface area contributed by atoms with Crippen LogP contribution in [0, 0.1) is 0 Å². The molecule has 1 aliphatic rings. The van der Waals surface area contributed by atoms with Crippen molar-refractivity contribution < 1.29 is 9.53 Å². The molecule has 0 radical (unpaired) electrons. The third kappa shape index (κ3) is 3.99. The van der Waals surface area contributed by atoms with Crippen molar-refractivity contribution in [2.75, 3.05) is 29.7 Å². The van der Waals surface area contributed by atoms with Crippen molar-refractivity contribution in [2.45, 2.75) is 11.0 Å².